The summed E-state index contributed by atoms with van der Waals surface area (Å²) in [5, 5.41) is 4.67. The van der Waals surface area contributed by atoms with Crippen LogP contribution in [-0.2, 0) is 0 Å². The van der Waals surface area contributed by atoms with E-state index in [1.807, 2.05) is 11.8 Å². The van der Waals surface area contributed by atoms with Gasteiger partial charge in [-0.1, -0.05) is 37.9 Å². The van der Waals surface area contributed by atoms with E-state index in [0.29, 0.717) is 12.1 Å². The topological polar surface area (TPSA) is 12.0 Å². The number of nitrogens with one attached hydrogen (secondary N) is 1. The molecule has 0 amide bonds. The molecule has 1 nitrogen and oxygen atoms in total. The Morgan fingerprint density at radius 1 is 1.21 bits per heavy atom. The summed E-state index contributed by atoms with van der Waals surface area (Å²) in [7, 11) is 0. The zero-order valence-corrected chi connectivity index (χ0v) is 15.4. The van der Waals surface area contributed by atoms with E-state index >= 15 is 0 Å². The van der Waals surface area contributed by atoms with Gasteiger partial charge in [0, 0.05) is 26.3 Å². The summed E-state index contributed by atoms with van der Waals surface area (Å²) < 4.78 is 2.30. The summed E-state index contributed by atoms with van der Waals surface area (Å²) >= 11 is 9.19. The van der Waals surface area contributed by atoms with Gasteiger partial charge in [0.25, 0.3) is 0 Å². The highest BCUT2D eigenvalue weighted by Gasteiger charge is 2.22. The van der Waals surface area contributed by atoms with Crippen LogP contribution in [0.5, 0.6) is 0 Å². The van der Waals surface area contributed by atoms with E-state index in [1.165, 1.54) is 35.7 Å². The first-order valence-corrected chi connectivity index (χ1v) is 9.71. The second-order valence-electron chi connectivity index (χ2n) is 5.26. The van der Waals surface area contributed by atoms with E-state index in [1.54, 1.807) is 0 Å². The monoisotopic (exact) mass is 405 g/mol. The van der Waals surface area contributed by atoms with Gasteiger partial charge in [0.05, 0.1) is 0 Å². The van der Waals surface area contributed by atoms with Crippen molar-refractivity contribution in [3.05, 3.63) is 32.7 Å². The van der Waals surface area contributed by atoms with Gasteiger partial charge in [0.15, 0.2) is 0 Å². The van der Waals surface area contributed by atoms with Crippen LogP contribution in [0.1, 0.15) is 44.2 Å². The highest BCUT2D eigenvalue weighted by Crippen LogP contribution is 2.30. The number of benzene rings is 1. The van der Waals surface area contributed by atoms with Crippen molar-refractivity contribution in [2.75, 3.05) is 6.26 Å². The molecule has 19 heavy (non-hydrogen) atoms. The average molecular weight is 407 g/mol. The molecule has 2 rings (SSSR count). The first kappa shape index (κ1) is 15.9. The van der Waals surface area contributed by atoms with Crippen molar-refractivity contribution in [2.24, 2.45) is 0 Å². The summed E-state index contributed by atoms with van der Waals surface area (Å²) in [6.45, 7) is 2.26. The Hall–Kier alpha value is 0.490. The standard InChI is InChI=1S/C15H21Br2NS/c1-10(14-8-3-11(16)9-15(14)17)18-12-4-6-13(19-2)7-5-12/h3,8-10,12-13,18H,4-7H2,1-2H3. The third kappa shape index (κ3) is 4.48. The molecule has 1 aromatic rings. The number of hydrogen-bond acceptors (Lipinski definition) is 2. The zero-order valence-electron chi connectivity index (χ0n) is 11.5. The molecule has 1 aliphatic rings. The lowest BCUT2D eigenvalue weighted by Gasteiger charge is -2.31. The van der Waals surface area contributed by atoms with Crippen molar-refractivity contribution in [2.45, 2.75) is 49.9 Å². The molecular formula is C15H21Br2NS. The molecule has 1 saturated carbocycles. The molecule has 1 aromatic carbocycles. The molecule has 0 bridgehead atoms. The van der Waals surface area contributed by atoms with Gasteiger partial charge in [-0.25, -0.2) is 0 Å². The number of halogens is 2. The highest BCUT2D eigenvalue weighted by molar-refractivity contribution is 9.11. The maximum atomic E-state index is 3.79. The summed E-state index contributed by atoms with van der Waals surface area (Å²) in [6, 6.07) is 7.51. The Labute approximate surface area is 137 Å². The Kier molecular flexibility index (Phi) is 6.25. The lowest BCUT2D eigenvalue weighted by atomic mass is 9.94. The Morgan fingerprint density at radius 2 is 1.89 bits per heavy atom. The van der Waals surface area contributed by atoms with Crippen LogP contribution in [0.15, 0.2) is 27.1 Å². The Morgan fingerprint density at radius 3 is 2.47 bits per heavy atom. The Balaban J connectivity index is 1.92. The zero-order chi connectivity index (χ0) is 13.8. The molecule has 0 spiro atoms. The van der Waals surface area contributed by atoms with Crippen molar-refractivity contribution in [3.8, 4) is 0 Å². The molecule has 1 atom stereocenters. The predicted octanol–water partition coefficient (Wildman–Crippen LogP) is 5.54. The Bertz CT molecular complexity index is 417. The van der Waals surface area contributed by atoms with Gasteiger partial charge in [0.1, 0.15) is 0 Å². The first-order valence-electron chi connectivity index (χ1n) is 6.84. The van der Waals surface area contributed by atoms with E-state index in [-0.39, 0.29) is 0 Å². The second kappa shape index (κ2) is 7.48. The van der Waals surface area contributed by atoms with Crippen molar-refractivity contribution >= 4 is 43.6 Å². The lowest BCUT2D eigenvalue weighted by molar-refractivity contribution is 0.352. The van der Waals surface area contributed by atoms with Gasteiger partial charge in [-0.05, 0) is 56.6 Å². The van der Waals surface area contributed by atoms with Crippen LogP contribution in [0, 0.1) is 0 Å². The lowest BCUT2D eigenvalue weighted by Crippen LogP contribution is -2.35. The van der Waals surface area contributed by atoms with Gasteiger partial charge in [-0.3, -0.25) is 0 Å². The minimum Gasteiger partial charge on any atom is -0.307 e. The largest absolute Gasteiger partial charge is 0.307 e. The predicted molar refractivity (Wildman–Crippen MR) is 93.0 cm³/mol. The fraction of sp³-hybridized carbons (Fsp3) is 0.600. The summed E-state index contributed by atoms with van der Waals surface area (Å²) in [5.74, 6) is 0. The number of thioether (sulfide) groups is 1. The molecule has 0 saturated heterocycles. The van der Waals surface area contributed by atoms with Crippen LogP contribution in [0.3, 0.4) is 0 Å². The van der Waals surface area contributed by atoms with E-state index in [4.69, 9.17) is 0 Å². The number of rotatable bonds is 4. The third-order valence-electron chi connectivity index (χ3n) is 3.92. The summed E-state index contributed by atoms with van der Waals surface area (Å²) in [5.41, 5.74) is 1.34. The minimum absolute atomic E-state index is 0.401. The normalized spacial score (nSPS) is 25.3. The first-order chi connectivity index (χ1) is 9.10. The van der Waals surface area contributed by atoms with Crippen LogP contribution in [0.25, 0.3) is 0 Å². The van der Waals surface area contributed by atoms with Gasteiger partial charge in [-0.2, -0.15) is 11.8 Å². The molecule has 1 aliphatic carbocycles. The van der Waals surface area contributed by atoms with Crippen LogP contribution < -0.4 is 5.32 Å². The van der Waals surface area contributed by atoms with Gasteiger partial charge < -0.3 is 5.32 Å². The van der Waals surface area contributed by atoms with E-state index < -0.39 is 0 Å². The van der Waals surface area contributed by atoms with Crippen LogP contribution in [0.4, 0.5) is 0 Å². The van der Waals surface area contributed by atoms with Crippen molar-refractivity contribution in [1.29, 1.82) is 0 Å². The van der Waals surface area contributed by atoms with Gasteiger partial charge >= 0.3 is 0 Å². The molecule has 4 heteroatoms. The third-order valence-corrected chi connectivity index (χ3v) is 6.24. The molecule has 1 unspecified atom stereocenters. The van der Waals surface area contributed by atoms with Crippen LogP contribution in [0.2, 0.25) is 0 Å². The molecule has 0 heterocycles. The molecule has 106 valence electrons. The van der Waals surface area contributed by atoms with Crippen molar-refractivity contribution in [3.63, 3.8) is 0 Å². The maximum Gasteiger partial charge on any atom is 0.0305 e. The minimum atomic E-state index is 0.401. The fourth-order valence-electron chi connectivity index (χ4n) is 2.76. The molecular weight excluding hydrogens is 386 g/mol. The molecule has 1 fully saturated rings. The van der Waals surface area contributed by atoms with Gasteiger partial charge in [-0.15, -0.1) is 0 Å². The van der Waals surface area contributed by atoms with Gasteiger partial charge in [0.2, 0.25) is 0 Å². The molecule has 1 N–H and O–H groups in total. The van der Waals surface area contributed by atoms with Crippen molar-refractivity contribution in [1.82, 2.24) is 5.32 Å². The average Bonchev–Trinajstić information content (AvgIpc) is 2.39. The van der Waals surface area contributed by atoms with Crippen molar-refractivity contribution < 1.29 is 0 Å². The molecule has 0 aromatic heterocycles. The molecule has 0 aliphatic heterocycles. The van der Waals surface area contributed by atoms with E-state index in [9.17, 15) is 0 Å². The van der Waals surface area contributed by atoms with E-state index in [0.717, 1.165) is 9.72 Å². The smallest absolute Gasteiger partial charge is 0.0305 e. The summed E-state index contributed by atoms with van der Waals surface area (Å²) in [4.78, 5) is 0. The number of hydrogen-bond donors (Lipinski definition) is 1. The highest BCUT2D eigenvalue weighted by atomic mass is 79.9. The summed E-state index contributed by atoms with van der Waals surface area (Å²) in [6.07, 6.45) is 7.56. The van der Waals surface area contributed by atoms with Crippen LogP contribution >= 0.6 is 43.6 Å². The fourth-order valence-corrected chi connectivity index (χ4v) is 4.90. The quantitative estimate of drug-likeness (QED) is 0.704. The molecule has 0 radical (unpaired) electrons. The van der Waals surface area contributed by atoms with Crippen LogP contribution in [-0.4, -0.2) is 17.5 Å². The SMILES string of the molecule is CSC1CCC(NC(C)c2ccc(Br)cc2Br)CC1. The maximum absolute atomic E-state index is 3.79. The van der Waals surface area contributed by atoms with E-state index in [2.05, 4.69) is 68.6 Å². The second-order valence-corrected chi connectivity index (χ2v) is 8.17.